The summed E-state index contributed by atoms with van der Waals surface area (Å²) in [5, 5.41) is 0. The van der Waals surface area contributed by atoms with Gasteiger partial charge in [0.25, 0.3) is 5.91 Å². The number of aromatic amines is 1. The predicted octanol–water partition coefficient (Wildman–Crippen LogP) is 5.81. The Morgan fingerprint density at radius 2 is 1.89 bits per heavy atom. The molecule has 4 aromatic rings. The van der Waals surface area contributed by atoms with Crippen molar-refractivity contribution < 1.29 is 14.3 Å². The third-order valence-electron chi connectivity index (χ3n) is 6.93. The molecule has 1 aliphatic rings. The number of nitrogens with one attached hydrogen (secondary N) is 1. The second-order valence-electron chi connectivity index (χ2n) is 9.55. The molecule has 1 aromatic heterocycles. The summed E-state index contributed by atoms with van der Waals surface area (Å²) < 4.78 is 6.04. The minimum Gasteiger partial charge on any atom is -0.492 e. The number of amides is 1. The average Bonchev–Trinajstić information content (AvgIpc) is 3.32. The van der Waals surface area contributed by atoms with E-state index in [1.807, 2.05) is 49.4 Å². The Kier molecular flexibility index (Phi) is 7.55. The molecule has 3 aromatic carbocycles. The standard InChI is InChI=1S/C32H31N3O3/c1-3-23-19-25(26-12-14-28-29(20-26)34-22(2)33-28)13-15-31(23)38-18-8-7-11-32(37)35-17-16-27(36)21-30(35)24-9-5-4-6-10-24/h4-6,9-10,12-15,19-20,30H,3,8,16-18,21H2,1-2H3,(H,33,34). The lowest BCUT2D eigenvalue weighted by atomic mass is 9.94. The lowest BCUT2D eigenvalue weighted by Crippen LogP contribution is -2.40. The molecule has 0 saturated carbocycles. The first kappa shape index (κ1) is 25.3. The molecule has 5 rings (SSSR count). The third kappa shape index (κ3) is 5.63. The van der Waals surface area contributed by atoms with Crippen molar-refractivity contribution >= 4 is 22.7 Å². The van der Waals surface area contributed by atoms with E-state index < -0.39 is 0 Å². The first-order chi connectivity index (χ1) is 18.5. The number of imidazole rings is 1. The minimum atomic E-state index is -0.251. The van der Waals surface area contributed by atoms with Crippen LogP contribution < -0.4 is 4.74 Å². The number of Topliss-reactive ketones (excluding diaryl/α,β-unsaturated/α-hetero) is 1. The Morgan fingerprint density at radius 1 is 1.11 bits per heavy atom. The van der Waals surface area contributed by atoms with Crippen molar-refractivity contribution in [3.8, 4) is 28.7 Å². The molecule has 192 valence electrons. The fourth-order valence-corrected chi connectivity index (χ4v) is 4.96. The predicted molar refractivity (Wildman–Crippen MR) is 149 cm³/mol. The molecule has 1 atom stereocenters. The van der Waals surface area contributed by atoms with Crippen molar-refractivity contribution in [3.63, 3.8) is 0 Å². The maximum Gasteiger partial charge on any atom is 0.299 e. The molecule has 6 heteroatoms. The van der Waals surface area contributed by atoms with E-state index in [0.717, 1.165) is 51.3 Å². The SMILES string of the molecule is CCc1cc(-c2ccc3nc(C)[nH]c3c2)ccc1OCCC#CC(=O)N1CCC(=O)CC1c1ccccc1. The first-order valence-electron chi connectivity index (χ1n) is 13.1. The highest BCUT2D eigenvalue weighted by Crippen LogP contribution is 2.30. The number of nitrogens with zero attached hydrogens (tertiary/aromatic N) is 2. The van der Waals surface area contributed by atoms with Crippen LogP contribution in [0.3, 0.4) is 0 Å². The molecule has 1 unspecified atom stereocenters. The van der Waals surface area contributed by atoms with Gasteiger partial charge in [-0.05, 0) is 65.8 Å². The normalized spacial score (nSPS) is 15.3. The number of carbonyl (C=O) groups is 2. The van der Waals surface area contributed by atoms with Gasteiger partial charge in [0.15, 0.2) is 0 Å². The maximum atomic E-state index is 12.9. The summed E-state index contributed by atoms with van der Waals surface area (Å²) >= 11 is 0. The van der Waals surface area contributed by atoms with Crippen LogP contribution in [0.25, 0.3) is 22.2 Å². The molecule has 0 spiro atoms. The number of aryl methyl sites for hydroxylation is 2. The van der Waals surface area contributed by atoms with Gasteiger partial charge in [-0.25, -0.2) is 4.98 Å². The molecule has 6 nitrogen and oxygen atoms in total. The lowest BCUT2D eigenvalue weighted by Gasteiger charge is -2.34. The number of carbonyl (C=O) groups excluding carboxylic acids is 2. The van der Waals surface area contributed by atoms with Crippen LogP contribution in [0.4, 0.5) is 0 Å². The lowest BCUT2D eigenvalue weighted by molar-refractivity contribution is -0.133. The molecule has 2 heterocycles. The number of aromatic nitrogens is 2. The van der Waals surface area contributed by atoms with Gasteiger partial charge in [-0.15, -0.1) is 0 Å². The van der Waals surface area contributed by atoms with Gasteiger partial charge < -0.3 is 14.6 Å². The van der Waals surface area contributed by atoms with Gasteiger partial charge in [0.2, 0.25) is 0 Å². The van der Waals surface area contributed by atoms with Gasteiger partial charge in [-0.3, -0.25) is 9.59 Å². The Balaban J connectivity index is 1.21. The minimum absolute atomic E-state index is 0.180. The van der Waals surface area contributed by atoms with Crippen LogP contribution in [0.15, 0.2) is 66.7 Å². The average molecular weight is 506 g/mol. The highest BCUT2D eigenvalue weighted by atomic mass is 16.5. The first-order valence-corrected chi connectivity index (χ1v) is 13.1. The van der Waals surface area contributed by atoms with Crippen molar-refractivity contribution in [1.82, 2.24) is 14.9 Å². The summed E-state index contributed by atoms with van der Waals surface area (Å²) in [6.07, 6.45) is 2.00. The van der Waals surface area contributed by atoms with Crippen molar-refractivity contribution in [2.24, 2.45) is 0 Å². The maximum absolute atomic E-state index is 12.9. The molecule has 1 amide bonds. The van der Waals surface area contributed by atoms with E-state index in [1.165, 1.54) is 0 Å². The van der Waals surface area contributed by atoms with Crippen LogP contribution in [0, 0.1) is 18.8 Å². The fourth-order valence-electron chi connectivity index (χ4n) is 4.96. The summed E-state index contributed by atoms with van der Waals surface area (Å²) in [6.45, 7) is 4.87. The van der Waals surface area contributed by atoms with E-state index >= 15 is 0 Å². The number of fused-ring (bicyclic) bond motifs is 1. The Bertz CT molecular complexity index is 1530. The number of H-pyrrole nitrogens is 1. The summed E-state index contributed by atoms with van der Waals surface area (Å²) in [5.41, 5.74) is 6.33. The zero-order valence-electron chi connectivity index (χ0n) is 21.8. The van der Waals surface area contributed by atoms with Crippen LogP contribution in [0.1, 0.15) is 49.2 Å². The van der Waals surface area contributed by atoms with Gasteiger partial charge in [-0.1, -0.05) is 55.3 Å². The van der Waals surface area contributed by atoms with Crippen molar-refractivity contribution in [3.05, 3.63) is 83.7 Å². The third-order valence-corrected chi connectivity index (χ3v) is 6.93. The quantitative estimate of drug-likeness (QED) is 0.265. The van der Waals surface area contributed by atoms with Gasteiger partial charge >= 0.3 is 0 Å². The molecule has 1 N–H and O–H groups in total. The number of benzene rings is 3. The molecule has 1 fully saturated rings. The van der Waals surface area contributed by atoms with Gasteiger partial charge in [0.1, 0.15) is 17.4 Å². The number of hydrogen-bond acceptors (Lipinski definition) is 4. The molecule has 38 heavy (non-hydrogen) atoms. The second kappa shape index (κ2) is 11.4. The molecule has 0 radical (unpaired) electrons. The van der Waals surface area contributed by atoms with Gasteiger partial charge in [0, 0.05) is 25.8 Å². The van der Waals surface area contributed by atoms with Crippen LogP contribution >= 0.6 is 0 Å². The summed E-state index contributed by atoms with van der Waals surface area (Å²) in [4.78, 5) is 34.4. The highest BCUT2D eigenvalue weighted by molar-refractivity contribution is 5.95. The molecular formula is C32H31N3O3. The van der Waals surface area contributed by atoms with Crippen LogP contribution in [0.2, 0.25) is 0 Å². The van der Waals surface area contributed by atoms with E-state index in [9.17, 15) is 9.59 Å². The molecule has 0 bridgehead atoms. The number of ketones is 1. The van der Waals surface area contributed by atoms with Crippen molar-refractivity contribution in [1.29, 1.82) is 0 Å². The van der Waals surface area contributed by atoms with Gasteiger partial charge in [0.05, 0.1) is 23.7 Å². The van der Waals surface area contributed by atoms with E-state index in [0.29, 0.717) is 32.4 Å². The van der Waals surface area contributed by atoms with Crippen LogP contribution in [-0.2, 0) is 16.0 Å². The van der Waals surface area contributed by atoms with E-state index in [-0.39, 0.29) is 17.7 Å². The Morgan fingerprint density at radius 3 is 2.71 bits per heavy atom. The second-order valence-corrected chi connectivity index (χ2v) is 9.55. The number of rotatable bonds is 6. The topological polar surface area (TPSA) is 75.3 Å². The zero-order chi connectivity index (χ0) is 26.5. The Labute approximate surface area is 223 Å². The summed E-state index contributed by atoms with van der Waals surface area (Å²) in [7, 11) is 0. The Hall–Kier alpha value is -4.37. The van der Waals surface area contributed by atoms with E-state index in [1.54, 1.807) is 4.90 Å². The number of hydrogen-bond donors (Lipinski definition) is 1. The van der Waals surface area contributed by atoms with Crippen LogP contribution in [-0.4, -0.2) is 39.7 Å². The van der Waals surface area contributed by atoms with E-state index in [2.05, 4.69) is 53.0 Å². The number of ether oxygens (including phenoxy) is 1. The summed E-state index contributed by atoms with van der Waals surface area (Å²) in [6, 6.07) is 21.9. The highest BCUT2D eigenvalue weighted by Gasteiger charge is 2.30. The largest absolute Gasteiger partial charge is 0.492 e. The number of likely N-dealkylation sites (tertiary alicyclic amines) is 1. The molecule has 0 aliphatic carbocycles. The van der Waals surface area contributed by atoms with Gasteiger partial charge in [-0.2, -0.15) is 0 Å². The summed E-state index contributed by atoms with van der Waals surface area (Å²) in [5.74, 6) is 7.41. The fraction of sp³-hybridized carbons (Fsp3) is 0.281. The molecular weight excluding hydrogens is 474 g/mol. The number of piperidine rings is 1. The van der Waals surface area contributed by atoms with Crippen LogP contribution in [0.5, 0.6) is 5.75 Å². The molecule has 1 saturated heterocycles. The van der Waals surface area contributed by atoms with Crippen molar-refractivity contribution in [2.45, 2.75) is 45.6 Å². The van der Waals surface area contributed by atoms with Crippen molar-refractivity contribution in [2.75, 3.05) is 13.2 Å². The smallest absolute Gasteiger partial charge is 0.299 e. The monoisotopic (exact) mass is 505 g/mol. The zero-order valence-corrected chi connectivity index (χ0v) is 21.8. The van der Waals surface area contributed by atoms with E-state index in [4.69, 9.17) is 4.74 Å². The molecule has 1 aliphatic heterocycles.